The molecule has 0 aliphatic carbocycles. The van der Waals surface area contributed by atoms with Crippen LogP contribution in [0.4, 0.5) is 4.39 Å². The molecule has 0 unspecified atom stereocenters. The highest BCUT2D eigenvalue weighted by atomic mass is 32.2. The van der Waals surface area contributed by atoms with Gasteiger partial charge in [0.2, 0.25) is 5.03 Å². The fraction of sp³-hybridized carbons (Fsp3) is 0.286. The van der Waals surface area contributed by atoms with Gasteiger partial charge in [0.25, 0.3) is 10.0 Å². The quantitative estimate of drug-likeness (QED) is 0.511. The maximum atomic E-state index is 14.5. The maximum absolute atomic E-state index is 14.5. The van der Waals surface area contributed by atoms with E-state index in [1.807, 2.05) is 0 Å². The number of benzene rings is 2. The number of ether oxygens (including phenoxy) is 2. The Balaban J connectivity index is 1.96. The number of hydrogen-bond donors (Lipinski definition) is 1. The smallest absolute Gasteiger partial charge is 0.265 e. The summed E-state index contributed by atoms with van der Waals surface area (Å²) in [4.78, 5) is 0. The van der Waals surface area contributed by atoms with Crippen molar-refractivity contribution in [2.75, 3.05) is 20.8 Å². The Morgan fingerprint density at radius 1 is 0.968 bits per heavy atom. The summed E-state index contributed by atoms with van der Waals surface area (Å²) in [6, 6.07) is 13.9. The second-order valence-corrected chi connectivity index (χ2v) is 8.59. The van der Waals surface area contributed by atoms with Crippen molar-refractivity contribution < 1.29 is 27.4 Å². The molecule has 2 aromatic carbocycles. The molecular weight excluding hydrogens is 425 g/mol. The van der Waals surface area contributed by atoms with E-state index in [1.165, 1.54) is 0 Å². The molecule has 31 heavy (non-hydrogen) atoms. The topological polar surface area (TPSA) is 93.9 Å². The zero-order valence-corrected chi connectivity index (χ0v) is 18.0. The molecule has 8 nitrogen and oxygen atoms in total. The van der Waals surface area contributed by atoms with E-state index in [9.17, 15) is 12.8 Å². The van der Waals surface area contributed by atoms with E-state index >= 15 is 0 Å². The molecule has 0 saturated heterocycles. The van der Waals surface area contributed by atoms with Gasteiger partial charge in [-0.25, -0.2) is 12.8 Å². The molecule has 3 rings (SSSR count). The molecule has 10 heteroatoms. The average Bonchev–Trinajstić information content (AvgIpc) is 3.15. The summed E-state index contributed by atoms with van der Waals surface area (Å²) in [7, 11) is -1.19. The van der Waals surface area contributed by atoms with Crippen molar-refractivity contribution in [2.24, 2.45) is 0 Å². The predicted molar refractivity (Wildman–Crippen MR) is 112 cm³/mol. The molecule has 0 aliphatic rings. The summed E-state index contributed by atoms with van der Waals surface area (Å²) in [6.07, 6.45) is 0.960. The highest BCUT2D eigenvalue weighted by molar-refractivity contribution is 7.89. The lowest BCUT2D eigenvalue weighted by Gasteiger charge is -2.21. The molecule has 0 aliphatic heterocycles. The van der Waals surface area contributed by atoms with E-state index in [0.29, 0.717) is 22.6 Å². The molecule has 1 heterocycles. The lowest BCUT2D eigenvalue weighted by atomic mass is 10.2. The molecule has 0 atom stereocenters. The summed E-state index contributed by atoms with van der Waals surface area (Å²) in [5, 5.41) is 12.2. The molecule has 0 bridgehead atoms. The van der Waals surface area contributed by atoms with Gasteiger partial charge in [0.05, 0.1) is 33.6 Å². The van der Waals surface area contributed by atoms with E-state index in [4.69, 9.17) is 14.6 Å². The van der Waals surface area contributed by atoms with Crippen LogP contribution in [-0.4, -0.2) is 48.4 Å². The minimum absolute atomic E-state index is 0.00462. The van der Waals surface area contributed by atoms with Gasteiger partial charge in [-0.1, -0.05) is 24.3 Å². The summed E-state index contributed by atoms with van der Waals surface area (Å²) < 4.78 is 53.6. The van der Waals surface area contributed by atoms with E-state index in [2.05, 4.69) is 5.10 Å². The largest absolute Gasteiger partial charge is 0.497 e. The first-order valence-electron chi connectivity index (χ1n) is 9.47. The van der Waals surface area contributed by atoms with Crippen LogP contribution in [-0.2, 0) is 29.7 Å². The highest BCUT2D eigenvalue weighted by Gasteiger charge is 2.31. The van der Waals surface area contributed by atoms with Gasteiger partial charge in [0.15, 0.2) is 5.82 Å². The van der Waals surface area contributed by atoms with Crippen molar-refractivity contribution in [2.45, 2.75) is 24.7 Å². The van der Waals surface area contributed by atoms with Crippen molar-refractivity contribution in [3.05, 3.63) is 71.7 Å². The summed E-state index contributed by atoms with van der Waals surface area (Å²) in [6.45, 7) is -0.291. The number of aliphatic hydroxyl groups is 1. The summed E-state index contributed by atoms with van der Waals surface area (Å²) >= 11 is 0. The molecule has 0 spiro atoms. The first-order valence-corrected chi connectivity index (χ1v) is 10.9. The van der Waals surface area contributed by atoms with Gasteiger partial charge in [-0.15, -0.1) is 0 Å². The minimum Gasteiger partial charge on any atom is -0.497 e. The summed E-state index contributed by atoms with van der Waals surface area (Å²) in [5.41, 5.74) is 1.40. The third-order valence-electron chi connectivity index (χ3n) is 4.64. The van der Waals surface area contributed by atoms with Gasteiger partial charge in [0, 0.05) is 13.1 Å². The van der Waals surface area contributed by atoms with Crippen molar-refractivity contribution in [3.8, 4) is 11.5 Å². The number of hydrogen-bond acceptors (Lipinski definition) is 6. The standard InChI is InChI=1S/C21H24FN3O5S/c1-29-18-7-3-16(4-8-18)13-25(14-17-5-9-19(30-2)10-6-17)31(27,28)21-20(22)15-24(23-21)11-12-26/h3-10,15,26H,11-14H2,1-2H3. The molecule has 0 saturated carbocycles. The zero-order chi connectivity index (χ0) is 22.4. The van der Waals surface area contributed by atoms with Crippen LogP contribution in [0.25, 0.3) is 0 Å². The van der Waals surface area contributed by atoms with Crippen molar-refractivity contribution in [1.29, 1.82) is 0 Å². The normalized spacial score (nSPS) is 11.6. The SMILES string of the molecule is COc1ccc(CN(Cc2ccc(OC)cc2)S(=O)(=O)c2nn(CCO)cc2F)cc1. The molecule has 166 valence electrons. The Bertz CT molecular complexity index is 1050. The zero-order valence-electron chi connectivity index (χ0n) is 17.2. The van der Waals surface area contributed by atoms with E-state index in [-0.39, 0.29) is 26.2 Å². The third kappa shape index (κ3) is 5.40. The van der Waals surface area contributed by atoms with E-state index in [0.717, 1.165) is 15.2 Å². The first kappa shape index (κ1) is 22.7. The molecule has 3 aromatic rings. The number of rotatable bonds is 10. The second-order valence-electron chi connectivity index (χ2n) is 6.74. The van der Waals surface area contributed by atoms with E-state index < -0.39 is 20.9 Å². The molecule has 0 radical (unpaired) electrons. The Labute approximate surface area is 180 Å². The number of aromatic nitrogens is 2. The third-order valence-corrected chi connectivity index (χ3v) is 6.34. The molecule has 0 amide bonds. The lowest BCUT2D eigenvalue weighted by Crippen LogP contribution is -2.31. The van der Waals surface area contributed by atoms with Crippen LogP contribution in [0.15, 0.2) is 59.8 Å². The van der Waals surface area contributed by atoms with Crippen LogP contribution in [0.3, 0.4) is 0 Å². The highest BCUT2D eigenvalue weighted by Crippen LogP contribution is 2.24. The van der Waals surface area contributed by atoms with Gasteiger partial charge in [-0.3, -0.25) is 4.68 Å². The molecular formula is C21H24FN3O5S. The molecule has 1 aromatic heterocycles. The number of halogens is 1. The van der Waals surface area contributed by atoms with Crippen LogP contribution in [0.1, 0.15) is 11.1 Å². The molecule has 0 fully saturated rings. The van der Waals surface area contributed by atoms with Crippen molar-refractivity contribution in [3.63, 3.8) is 0 Å². The Morgan fingerprint density at radius 3 is 1.87 bits per heavy atom. The van der Waals surface area contributed by atoms with Crippen molar-refractivity contribution in [1.82, 2.24) is 14.1 Å². The first-order chi connectivity index (χ1) is 14.9. The number of aliphatic hydroxyl groups excluding tert-OH is 1. The van der Waals surface area contributed by atoms with Gasteiger partial charge >= 0.3 is 0 Å². The van der Waals surface area contributed by atoms with E-state index in [1.54, 1.807) is 62.8 Å². The van der Waals surface area contributed by atoms with Crippen LogP contribution in [0.5, 0.6) is 11.5 Å². The Kier molecular flexibility index (Phi) is 7.26. The summed E-state index contributed by atoms with van der Waals surface area (Å²) in [5.74, 6) is 0.312. The fourth-order valence-corrected chi connectivity index (χ4v) is 4.38. The van der Waals surface area contributed by atoms with Crippen LogP contribution < -0.4 is 9.47 Å². The lowest BCUT2D eigenvalue weighted by molar-refractivity contribution is 0.268. The van der Waals surface area contributed by atoms with Gasteiger partial charge < -0.3 is 14.6 Å². The van der Waals surface area contributed by atoms with Gasteiger partial charge in [0.1, 0.15) is 11.5 Å². The maximum Gasteiger partial charge on any atom is 0.265 e. The fourth-order valence-electron chi connectivity index (χ4n) is 2.99. The number of sulfonamides is 1. The monoisotopic (exact) mass is 449 g/mol. The molecule has 1 N–H and O–H groups in total. The predicted octanol–water partition coefficient (Wildman–Crippen LogP) is 2.42. The van der Waals surface area contributed by atoms with Crippen LogP contribution in [0.2, 0.25) is 0 Å². The number of nitrogens with zero attached hydrogens (tertiary/aromatic N) is 3. The average molecular weight is 450 g/mol. The number of methoxy groups -OCH3 is 2. The van der Waals surface area contributed by atoms with Crippen LogP contribution >= 0.6 is 0 Å². The van der Waals surface area contributed by atoms with Gasteiger partial charge in [-0.2, -0.15) is 9.40 Å². The minimum atomic E-state index is -4.27. The second kappa shape index (κ2) is 9.90. The van der Waals surface area contributed by atoms with Crippen LogP contribution in [0, 0.1) is 5.82 Å². The Hall–Kier alpha value is -2.95. The Morgan fingerprint density at radius 2 is 1.45 bits per heavy atom. The van der Waals surface area contributed by atoms with Crippen molar-refractivity contribution >= 4 is 10.0 Å². The van der Waals surface area contributed by atoms with Gasteiger partial charge in [-0.05, 0) is 35.4 Å².